The SMILES string of the molecule is CNS(=O)(=O)c1ccc(F)c(C(=O)N2CCN(c3cccc(Cl)c3)CC2)c1. The highest BCUT2D eigenvalue weighted by atomic mass is 35.5. The number of anilines is 1. The van der Waals surface area contributed by atoms with Crippen molar-refractivity contribution in [2.45, 2.75) is 4.90 Å². The summed E-state index contributed by atoms with van der Waals surface area (Å²) in [4.78, 5) is 16.2. The standard InChI is InChI=1S/C18H19ClFN3O3S/c1-21-27(25,26)15-5-6-17(20)16(12-15)18(24)23-9-7-22(8-10-23)14-4-2-3-13(19)11-14/h2-6,11-12,21H,7-10H2,1H3. The zero-order valence-corrected chi connectivity index (χ0v) is 16.2. The molecular formula is C18H19ClFN3O3S. The molecule has 1 fully saturated rings. The van der Waals surface area contributed by atoms with Gasteiger partial charge in [-0.25, -0.2) is 17.5 Å². The van der Waals surface area contributed by atoms with Crippen molar-refractivity contribution in [2.24, 2.45) is 0 Å². The van der Waals surface area contributed by atoms with Crippen LogP contribution >= 0.6 is 11.6 Å². The average molecular weight is 412 g/mol. The quantitative estimate of drug-likeness (QED) is 0.838. The lowest BCUT2D eigenvalue weighted by molar-refractivity contribution is 0.0742. The second-order valence-corrected chi connectivity index (χ2v) is 8.43. The molecule has 0 aromatic heterocycles. The van der Waals surface area contributed by atoms with Crippen molar-refractivity contribution in [3.05, 3.63) is 58.9 Å². The molecule has 1 heterocycles. The number of rotatable bonds is 4. The Labute approximate surface area is 162 Å². The van der Waals surface area contributed by atoms with Crippen LogP contribution in [0, 0.1) is 5.82 Å². The first-order valence-corrected chi connectivity index (χ1v) is 10.2. The van der Waals surface area contributed by atoms with E-state index in [1.807, 2.05) is 18.2 Å². The third kappa shape index (κ3) is 4.23. The lowest BCUT2D eigenvalue weighted by Crippen LogP contribution is -2.49. The van der Waals surface area contributed by atoms with Gasteiger partial charge in [0.2, 0.25) is 10.0 Å². The molecule has 0 radical (unpaired) electrons. The number of carbonyl (C=O) groups is 1. The van der Waals surface area contributed by atoms with E-state index in [4.69, 9.17) is 11.6 Å². The van der Waals surface area contributed by atoms with Crippen molar-refractivity contribution < 1.29 is 17.6 Å². The minimum atomic E-state index is -3.76. The van der Waals surface area contributed by atoms with Crippen molar-refractivity contribution in [1.82, 2.24) is 9.62 Å². The fourth-order valence-electron chi connectivity index (χ4n) is 2.96. The molecule has 9 heteroatoms. The minimum absolute atomic E-state index is 0.146. The highest BCUT2D eigenvalue weighted by Gasteiger charge is 2.26. The van der Waals surface area contributed by atoms with Gasteiger partial charge in [0.25, 0.3) is 5.91 Å². The molecule has 0 saturated carbocycles. The second kappa shape index (κ2) is 7.84. The Morgan fingerprint density at radius 1 is 1.11 bits per heavy atom. The molecule has 1 amide bonds. The topological polar surface area (TPSA) is 69.7 Å². The molecule has 144 valence electrons. The number of halogens is 2. The van der Waals surface area contributed by atoms with Gasteiger partial charge in [0.1, 0.15) is 5.82 Å². The molecule has 0 bridgehead atoms. The summed E-state index contributed by atoms with van der Waals surface area (Å²) in [5, 5.41) is 0.635. The number of nitrogens with zero attached hydrogens (tertiary/aromatic N) is 2. The highest BCUT2D eigenvalue weighted by Crippen LogP contribution is 2.22. The Kier molecular flexibility index (Phi) is 5.69. The summed E-state index contributed by atoms with van der Waals surface area (Å²) < 4.78 is 40.2. The molecule has 6 nitrogen and oxygen atoms in total. The predicted octanol–water partition coefficient (Wildman–Crippen LogP) is 2.35. The maximum atomic E-state index is 14.2. The van der Waals surface area contributed by atoms with Gasteiger partial charge in [-0.1, -0.05) is 17.7 Å². The highest BCUT2D eigenvalue weighted by molar-refractivity contribution is 7.89. The molecule has 1 aliphatic rings. The number of carbonyl (C=O) groups excluding carboxylic acids is 1. The summed E-state index contributed by atoms with van der Waals surface area (Å²) in [6, 6.07) is 10.7. The molecule has 1 N–H and O–H groups in total. The Bertz CT molecular complexity index is 960. The lowest BCUT2D eigenvalue weighted by Gasteiger charge is -2.36. The Balaban J connectivity index is 1.75. The van der Waals surface area contributed by atoms with E-state index in [1.165, 1.54) is 11.9 Å². The van der Waals surface area contributed by atoms with Gasteiger partial charge in [-0.3, -0.25) is 4.79 Å². The fourth-order valence-corrected chi connectivity index (χ4v) is 3.90. The van der Waals surface area contributed by atoms with Crippen molar-refractivity contribution in [3.8, 4) is 0 Å². The summed E-state index contributed by atoms with van der Waals surface area (Å²) in [5.74, 6) is -1.27. The normalized spacial score (nSPS) is 15.1. The molecule has 3 rings (SSSR count). The van der Waals surface area contributed by atoms with Crippen LogP contribution in [-0.2, 0) is 10.0 Å². The van der Waals surface area contributed by atoms with Crippen LogP contribution in [0.5, 0.6) is 0 Å². The monoisotopic (exact) mass is 411 g/mol. The second-order valence-electron chi connectivity index (χ2n) is 6.11. The van der Waals surface area contributed by atoms with Crippen LogP contribution in [0.15, 0.2) is 47.4 Å². The fraction of sp³-hybridized carbons (Fsp3) is 0.278. The smallest absolute Gasteiger partial charge is 0.256 e. The first-order valence-electron chi connectivity index (χ1n) is 8.35. The van der Waals surface area contributed by atoms with Crippen molar-refractivity contribution in [2.75, 3.05) is 38.1 Å². The van der Waals surface area contributed by atoms with Crippen LogP contribution in [0.2, 0.25) is 5.02 Å². The van der Waals surface area contributed by atoms with Crippen molar-refractivity contribution in [1.29, 1.82) is 0 Å². The van der Waals surface area contributed by atoms with Gasteiger partial charge in [-0.15, -0.1) is 0 Å². The summed E-state index contributed by atoms with van der Waals surface area (Å²) in [6.45, 7) is 1.94. The van der Waals surface area contributed by atoms with E-state index in [0.29, 0.717) is 31.2 Å². The van der Waals surface area contributed by atoms with Crippen molar-refractivity contribution in [3.63, 3.8) is 0 Å². The molecule has 0 atom stereocenters. The molecule has 2 aromatic carbocycles. The Hall–Kier alpha value is -2.16. The number of nitrogens with one attached hydrogen (secondary N) is 1. The molecule has 0 aliphatic carbocycles. The minimum Gasteiger partial charge on any atom is -0.368 e. The molecule has 2 aromatic rings. The molecule has 1 saturated heterocycles. The van der Waals surface area contributed by atoms with Gasteiger partial charge in [0.15, 0.2) is 0 Å². The zero-order valence-electron chi connectivity index (χ0n) is 14.7. The van der Waals surface area contributed by atoms with E-state index in [-0.39, 0.29) is 10.5 Å². The summed E-state index contributed by atoms with van der Waals surface area (Å²) in [6.07, 6.45) is 0. The number of amides is 1. The number of hydrogen-bond acceptors (Lipinski definition) is 4. The van der Waals surface area contributed by atoms with Crippen LogP contribution in [0.4, 0.5) is 10.1 Å². The van der Waals surface area contributed by atoms with Crippen LogP contribution in [0.3, 0.4) is 0 Å². The van der Waals surface area contributed by atoms with Crippen molar-refractivity contribution >= 4 is 33.2 Å². The number of sulfonamides is 1. The van der Waals surface area contributed by atoms with Gasteiger partial charge in [-0.05, 0) is 43.4 Å². The van der Waals surface area contributed by atoms with E-state index < -0.39 is 21.7 Å². The average Bonchev–Trinajstić information content (AvgIpc) is 2.68. The van der Waals surface area contributed by atoms with Gasteiger partial charge in [0.05, 0.1) is 10.5 Å². The number of benzene rings is 2. The van der Waals surface area contributed by atoms with E-state index in [0.717, 1.165) is 23.9 Å². The van der Waals surface area contributed by atoms with Crippen LogP contribution in [-0.4, -0.2) is 52.5 Å². The molecule has 0 spiro atoms. The first kappa shape index (κ1) is 19.6. The Morgan fingerprint density at radius 2 is 1.81 bits per heavy atom. The molecule has 0 unspecified atom stereocenters. The lowest BCUT2D eigenvalue weighted by atomic mass is 10.1. The van der Waals surface area contributed by atoms with Gasteiger partial charge in [0, 0.05) is 36.9 Å². The number of hydrogen-bond donors (Lipinski definition) is 1. The zero-order chi connectivity index (χ0) is 19.6. The van der Waals surface area contributed by atoms with Crippen LogP contribution in [0.1, 0.15) is 10.4 Å². The van der Waals surface area contributed by atoms with E-state index in [9.17, 15) is 17.6 Å². The van der Waals surface area contributed by atoms with E-state index >= 15 is 0 Å². The summed E-state index contributed by atoms with van der Waals surface area (Å²) in [5.41, 5.74) is 0.713. The summed E-state index contributed by atoms with van der Waals surface area (Å²) >= 11 is 6.02. The van der Waals surface area contributed by atoms with Gasteiger partial charge >= 0.3 is 0 Å². The van der Waals surface area contributed by atoms with E-state index in [1.54, 1.807) is 6.07 Å². The van der Waals surface area contributed by atoms with Crippen LogP contribution in [0.25, 0.3) is 0 Å². The maximum Gasteiger partial charge on any atom is 0.256 e. The Morgan fingerprint density at radius 3 is 2.44 bits per heavy atom. The van der Waals surface area contributed by atoms with Crippen LogP contribution < -0.4 is 9.62 Å². The molecular weight excluding hydrogens is 393 g/mol. The van der Waals surface area contributed by atoms with E-state index in [2.05, 4.69) is 9.62 Å². The molecule has 27 heavy (non-hydrogen) atoms. The first-order chi connectivity index (χ1) is 12.8. The third-order valence-electron chi connectivity index (χ3n) is 4.49. The van der Waals surface area contributed by atoms with Gasteiger partial charge in [-0.2, -0.15) is 0 Å². The largest absolute Gasteiger partial charge is 0.368 e. The number of piperazine rings is 1. The summed E-state index contributed by atoms with van der Waals surface area (Å²) in [7, 11) is -2.50. The molecule has 1 aliphatic heterocycles. The maximum absolute atomic E-state index is 14.2. The predicted molar refractivity (Wildman–Crippen MR) is 102 cm³/mol. The van der Waals surface area contributed by atoms with Gasteiger partial charge < -0.3 is 9.80 Å². The third-order valence-corrected chi connectivity index (χ3v) is 6.13.